The molecule has 0 radical (unpaired) electrons. The van der Waals surface area contributed by atoms with E-state index in [0.29, 0.717) is 11.1 Å². The number of carbonyl (C=O) groups is 3. The second kappa shape index (κ2) is 17.3. The summed E-state index contributed by atoms with van der Waals surface area (Å²) in [6.45, 7) is 0.0511. The predicted molar refractivity (Wildman–Crippen MR) is 167 cm³/mol. The zero-order chi connectivity index (χ0) is 36.5. The van der Waals surface area contributed by atoms with Crippen LogP contribution in [-0.2, 0) is 42.8 Å². The number of hydrogen-bond acceptors (Lipinski definition) is 17. The van der Waals surface area contributed by atoms with Gasteiger partial charge in [-0.2, -0.15) is 0 Å². The maximum Gasteiger partial charge on any atom is 0.331 e. The molecule has 0 spiro atoms. The molecule has 0 aliphatic carbocycles. The number of methoxy groups -OCH3 is 2. The number of aromatic hydroxyl groups is 2. The second-order valence-electron chi connectivity index (χ2n) is 11.0. The molecule has 2 fully saturated rings. The van der Waals surface area contributed by atoms with Gasteiger partial charge in [-0.25, -0.2) is 9.59 Å². The van der Waals surface area contributed by atoms with Crippen molar-refractivity contribution >= 4 is 30.1 Å². The highest BCUT2D eigenvalue weighted by Crippen LogP contribution is 2.32. The number of phenols is 2. The Morgan fingerprint density at radius 3 is 1.78 bits per heavy atom. The third kappa shape index (κ3) is 9.69. The summed E-state index contributed by atoms with van der Waals surface area (Å²) in [4.78, 5) is 36.6. The third-order valence-electron chi connectivity index (χ3n) is 7.56. The summed E-state index contributed by atoms with van der Waals surface area (Å²) in [5, 5.41) is 62.1. The van der Waals surface area contributed by atoms with Crippen molar-refractivity contribution in [3.63, 3.8) is 0 Å². The van der Waals surface area contributed by atoms with Gasteiger partial charge in [0.05, 0.1) is 14.2 Å². The molecule has 2 saturated heterocycles. The molecule has 0 bridgehead atoms. The van der Waals surface area contributed by atoms with Crippen LogP contribution in [-0.4, -0.2) is 131 Å². The molecule has 9 atom stereocenters. The summed E-state index contributed by atoms with van der Waals surface area (Å²) in [5.41, 5.74) is 0.948. The molecule has 2 aromatic carbocycles. The summed E-state index contributed by atoms with van der Waals surface area (Å²) in [7, 11) is 2.71. The average Bonchev–Trinajstić information content (AvgIpc) is 3.38. The van der Waals surface area contributed by atoms with Crippen molar-refractivity contribution in [2.75, 3.05) is 27.4 Å². The van der Waals surface area contributed by atoms with Crippen LogP contribution < -0.4 is 9.47 Å². The lowest BCUT2D eigenvalue weighted by Crippen LogP contribution is -2.60. The molecule has 2 aliphatic heterocycles. The first kappa shape index (κ1) is 38.1. The van der Waals surface area contributed by atoms with Crippen molar-refractivity contribution in [1.82, 2.24) is 0 Å². The quantitative estimate of drug-likeness (QED) is 0.0894. The highest BCUT2D eigenvalue weighted by Gasteiger charge is 2.52. The lowest BCUT2D eigenvalue weighted by molar-refractivity contribution is -0.342. The minimum atomic E-state index is -1.89. The minimum absolute atomic E-state index is 0.0982. The first-order chi connectivity index (χ1) is 23.8. The van der Waals surface area contributed by atoms with Gasteiger partial charge >= 0.3 is 17.9 Å². The van der Waals surface area contributed by atoms with Crippen molar-refractivity contribution < 1.29 is 82.9 Å². The van der Waals surface area contributed by atoms with Crippen molar-refractivity contribution in [2.45, 2.75) is 62.2 Å². The number of benzene rings is 2. The van der Waals surface area contributed by atoms with Gasteiger partial charge in [0.25, 0.3) is 0 Å². The van der Waals surface area contributed by atoms with Gasteiger partial charge < -0.3 is 68.5 Å². The van der Waals surface area contributed by atoms with E-state index < -0.39 is 86.4 Å². The molecular formula is C33H38O17. The Bertz CT molecular complexity index is 1560. The Labute approximate surface area is 285 Å². The van der Waals surface area contributed by atoms with Crippen LogP contribution in [0.25, 0.3) is 12.2 Å². The van der Waals surface area contributed by atoms with E-state index in [1.54, 1.807) is 0 Å². The summed E-state index contributed by atoms with van der Waals surface area (Å²) >= 11 is 0. The maximum atomic E-state index is 12.8. The van der Waals surface area contributed by atoms with Gasteiger partial charge in [0.1, 0.15) is 49.8 Å². The van der Waals surface area contributed by atoms with Crippen LogP contribution in [0.1, 0.15) is 18.1 Å². The fourth-order valence-corrected chi connectivity index (χ4v) is 4.88. The molecule has 0 amide bonds. The standard InChI is InChI=1S/C33H38O17/c1-16(34)45-14-24-28(40)31(49-26(38)11-7-18-5-9-20(36)22(13-18)44-3)33(48-24)50-32-30(42)29(41)27(39)23(47-32)15-46-25(37)10-6-17-4-8-19(35)21(12-17)43-2/h4-13,23-24,27-33,35-36,39-42H,14-15H2,1-3H3/t23-,24-,27-,28-,29+,30-,31+,32-,33+/m1/s1. The maximum absolute atomic E-state index is 12.8. The van der Waals surface area contributed by atoms with E-state index >= 15 is 0 Å². The van der Waals surface area contributed by atoms with Gasteiger partial charge in [-0.05, 0) is 47.5 Å². The zero-order valence-electron chi connectivity index (χ0n) is 27.1. The molecule has 0 aromatic heterocycles. The molecule has 17 nitrogen and oxygen atoms in total. The highest BCUT2D eigenvalue weighted by atomic mass is 16.8. The Hall–Kier alpha value is -4.75. The van der Waals surface area contributed by atoms with Gasteiger partial charge in [0.2, 0.25) is 6.29 Å². The number of aliphatic hydroxyl groups is 4. The summed E-state index contributed by atoms with van der Waals surface area (Å²) in [6.07, 6.45) is -10.0. The molecular weight excluding hydrogens is 668 g/mol. The first-order valence-corrected chi connectivity index (χ1v) is 15.1. The van der Waals surface area contributed by atoms with Crippen molar-refractivity contribution in [3.05, 3.63) is 59.7 Å². The van der Waals surface area contributed by atoms with E-state index in [4.69, 9.17) is 37.9 Å². The molecule has 0 unspecified atom stereocenters. The number of hydrogen-bond donors (Lipinski definition) is 6. The lowest BCUT2D eigenvalue weighted by atomic mass is 9.99. The molecule has 50 heavy (non-hydrogen) atoms. The number of rotatable bonds is 13. The molecule has 0 saturated carbocycles. The largest absolute Gasteiger partial charge is 0.504 e. The second-order valence-corrected chi connectivity index (χ2v) is 11.0. The predicted octanol–water partition coefficient (Wildman–Crippen LogP) is -0.230. The molecule has 272 valence electrons. The Balaban J connectivity index is 1.43. The van der Waals surface area contributed by atoms with Gasteiger partial charge in [-0.15, -0.1) is 0 Å². The van der Waals surface area contributed by atoms with E-state index in [1.807, 2.05) is 0 Å². The number of phenolic OH excluding ortho intramolecular Hbond substituents is 2. The normalized spacial score (nSPS) is 28.0. The van der Waals surface area contributed by atoms with E-state index in [1.165, 1.54) is 62.8 Å². The van der Waals surface area contributed by atoms with Crippen LogP contribution in [0.2, 0.25) is 0 Å². The van der Waals surface area contributed by atoms with Gasteiger partial charge in [-0.3, -0.25) is 4.79 Å². The van der Waals surface area contributed by atoms with Crippen molar-refractivity contribution in [2.24, 2.45) is 0 Å². The molecule has 4 rings (SSSR count). The number of ether oxygens (including phenoxy) is 8. The van der Waals surface area contributed by atoms with E-state index in [0.717, 1.165) is 19.1 Å². The Morgan fingerprint density at radius 2 is 1.22 bits per heavy atom. The molecule has 2 aliphatic rings. The SMILES string of the molecule is COc1cc(C=CC(=O)OC[C@H]2O[C@H](O[C@@H]3O[C@H](COC(C)=O)[C@@H](O)[C@@H]3OC(=O)C=Cc3ccc(O)c(OC)c3)[C@H](O)[C@@H](O)[C@@H]2O)ccc1O. The Kier molecular flexibility index (Phi) is 13.1. The van der Waals surface area contributed by atoms with Crippen LogP contribution in [0.5, 0.6) is 23.0 Å². The van der Waals surface area contributed by atoms with Gasteiger partial charge in [0, 0.05) is 19.1 Å². The van der Waals surface area contributed by atoms with Crippen LogP contribution >= 0.6 is 0 Å². The van der Waals surface area contributed by atoms with Crippen molar-refractivity contribution in [1.29, 1.82) is 0 Å². The van der Waals surface area contributed by atoms with Crippen LogP contribution in [0, 0.1) is 0 Å². The van der Waals surface area contributed by atoms with Gasteiger partial charge in [-0.1, -0.05) is 12.1 Å². The molecule has 2 aromatic rings. The average molecular weight is 707 g/mol. The van der Waals surface area contributed by atoms with E-state index in [-0.39, 0.29) is 23.0 Å². The fraction of sp³-hybridized carbons (Fsp3) is 0.424. The van der Waals surface area contributed by atoms with E-state index in [2.05, 4.69) is 0 Å². The summed E-state index contributed by atoms with van der Waals surface area (Å²) in [5.74, 6) is -2.42. The van der Waals surface area contributed by atoms with Crippen LogP contribution in [0.15, 0.2) is 48.6 Å². The number of aliphatic hydroxyl groups excluding tert-OH is 4. The highest BCUT2D eigenvalue weighted by molar-refractivity contribution is 5.88. The summed E-state index contributed by atoms with van der Waals surface area (Å²) in [6, 6.07) is 8.65. The van der Waals surface area contributed by atoms with Crippen LogP contribution in [0.3, 0.4) is 0 Å². The molecule has 2 heterocycles. The minimum Gasteiger partial charge on any atom is -0.504 e. The monoisotopic (exact) mass is 706 g/mol. The number of esters is 3. The third-order valence-corrected chi connectivity index (χ3v) is 7.56. The Morgan fingerprint density at radius 1 is 0.700 bits per heavy atom. The topological polar surface area (TPSA) is 246 Å². The lowest BCUT2D eigenvalue weighted by Gasteiger charge is -2.40. The molecule has 6 N–H and O–H groups in total. The smallest absolute Gasteiger partial charge is 0.331 e. The fourth-order valence-electron chi connectivity index (χ4n) is 4.88. The summed E-state index contributed by atoms with van der Waals surface area (Å²) < 4.78 is 42.4. The zero-order valence-corrected chi connectivity index (χ0v) is 27.1. The molecule has 17 heteroatoms. The van der Waals surface area contributed by atoms with Gasteiger partial charge in [0.15, 0.2) is 35.4 Å². The first-order valence-electron chi connectivity index (χ1n) is 15.1. The number of carbonyl (C=O) groups excluding carboxylic acids is 3. The van der Waals surface area contributed by atoms with Crippen LogP contribution in [0.4, 0.5) is 0 Å². The van der Waals surface area contributed by atoms with Crippen molar-refractivity contribution in [3.8, 4) is 23.0 Å². The van der Waals surface area contributed by atoms with E-state index in [9.17, 15) is 45.0 Å².